The standard InChI is InChI=1S/C24H27N3O2S/c1-27-14-13-25-24(27)30-17-19-9-5-10-20(15-19)23(28)26-21-11-6-12-22(21)29-16-18-7-3-2-4-8-18/h2-5,7-10,13-15,21-22H,6,11-12,16-17H2,1H3,(H,26,28)/t21-,22-/m0/s1. The molecule has 1 aliphatic rings. The van der Waals surface area contributed by atoms with Gasteiger partial charge in [0.2, 0.25) is 0 Å². The molecule has 3 aromatic rings. The zero-order valence-corrected chi connectivity index (χ0v) is 18.0. The largest absolute Gasteiger partial charge is 0.371 e. The summed E-state index contributed by atoms with van der Waals surface area (Å²) in [7, 11) is 1.98. The van der Waals surface area contributed by atoms with Crippen LogP contribution in [0.4, 0.5) is 0 Å². The van der Waals surface area contributed by atoms with Gasteiger partial charge in [0.05, 0.1) is 18.8 Å². The summed E-state index contributed by atoms with van der Waals surface area (Å²) in [5, 5.41) is 4.17. The first kappa shape index (κ1) is 20.7. The Labute approximate surface area is 181 Å². The summed E-state index contributed by atoms with van der Waals surface area (Å²) in [5.41, 5.74) is 2.97. The number of ether oxygens (including phenoxy) is 1. The zero-order chi connectivity index (χ0) is 20.8. The van der Waals surface area contributed by atoms with Crippen molar-refractivity contribution >= 4 is 17.7 Å². The lowest BCUT2D eigenvalue weighted by Gasteiger charge is -2.22. The fourth-order valence-corrected chi connectivity index (χ4v) is 4.64. The Morgan fingerprint density at radius 2 is 2.00 bits per heavy atom. The number of carbonyl (C=O) groups is 1. The molecule has 6 heteroatoms. The molecule has 0 saturated heterocycles. The number of carbonyl (C=O) groups excluding carboxylic acids is 1. The Balaban J connectivity index is 1.33. The summed E-state index contributed by atoms with van der Waals surface area (Å²) in [6, 6.07) is 18.1. The van der Waals surface area contributed by atoms with E-state index in [-0.39, 0.29) is 18.1 Å². The predicted octanol–water partition coefficient (Wildman–Crippen LogP) is 4.58. The van der Waals surface area contributed by atoms with Crippen LogP contribution >= 0.6 is 11.8 Å². The highest BCUT2D eigenvalue weighted by atomic mass is 32.2. The van der Waals surface area contributed by atoms with Crippen molar-refractivity contribution in [2.45, 2.75) is 48.9 Å². The minimum atomic E-state index is -0.0287. The molecule has 4 rings (SSSR count). The van der Waals surface area contributed by atoms with E-state index in [1.165, 1.54) is 0 Å². The van der Waals surface area contributed by atoms with E-state index in [0.717, 1.165) is 41.3 Å². The maximum Gasteiger partial charge on any atom is 0.251 e. The molecule has 1 heterocycles. The zero-order valence-electron chi connectivity index (χ0n) is 17.2. The Morgan fingerprint density at radius 3 is 2.80 bits per heavy atom. The minimum absolute atomic E-state index is 0.0287. The Bertz CT molecular complexity index is 973. The van der Waals surface area contributed by atoms with Crippen LogP contribution in [0.5, 0.6) is 0 Å². The van der Waals surface area contributed by atoms with Crippen LogP contribution < -0.4 is 5.32 Å². The van der Waals surface area contributed by atoms with Crippen molar-refractivity contribution in [2.24, 2.45) is 7.05 Å². The van der Waals surface area contributed by atoms with E-state index in [0.29, 0.717) is 12.2 Å². The van der Waals surface area contributed by atoms with Gasteiger partial charge in [-0.25, -0.2) is 4.98 Å². The molecule has 5 nitrogen and oxygen atoms in total. The van der Waals surface area contributed by atoms with Crippen molar-refractivity contribution in [3.63, 3.8) is 0 Å². The van der Waals surface area contributed by atoms with Crippen molar-refractivity contribution in [1.82, 2.24) is 14.9 Å². The first-order valence-corrected chi connectivity index (χ1v) is 11.3. The third-order valence-corrected chi connectivity index (χ3v) is 6.54. The van der Waals surface area contributed by atoms with Crippen LogP contribution in [-0.4, -0.2) is 27.6 Å². The molecule has 0 unspecified atom stereocenters. The molecule has 1 N–H and O–H groups in total. The number of amides is 1. The highest BCUT2D eigenvalue weighted by Gasteiger charge is 2.29. The van der Waals surface area contributed by atoms with Crippen LogP contribution in [0.25, 0.3) is 0 Å². The highest BCUT2D eigenvalue weighted by Crippen LogP contribution is 2.24. The molecule has 156 valence electrons. The van der Waals surface area contributed by atoms with E-state index in [2.05, 4.69) is 22.4 Å². The van der Waals surface area contributed by atoms with Crippen molar-refractivity contribution < 1.29 is 9.53 Å². The van der Waals surface area contributed by atoms with Crippen LogP contribution in [0.1, 0.15) is 40.7 Å². The van der Waals surface area contributed by atoms with Gasteiger partial charge in [-0.15, -0.1) is 0 Å². The maximum absolute atomic E-state index is 12.9. The van der Waals surface area contributed by atoms with Gasteiger partial charge in [-0.3, -0.25) is 4.79 Å². The molecule has 1 aromatic heterocycles. The van der Waals surface area contributed by atoms with Crippen molar-refractivity contribution in [3.05, 3.63) is 83.7 Å². The van der Waals surface area contributed by atoms with Gasteiger partial charge in [0.25, 0.3) is 5.91 Å². The van der Waals surface area contributed by atoms with Gasteiger partial charge < -0.3 is 14.6 Å². The molecule has 0 bridgehead atoms. The van der Waals surface area contributed by atoms with Gasteiger partial charge in [-0.05, 0) is 42.5 Å². The fourth-order valence-electron chi connectivity index (χ4n) is 3.76. The normalized spacial score (nSPS) is 18.4. The minimum Gasteiger partial charge on any atom is -0.371 e. The number of imidazole rings is 1. The number of benzene rings is 2. The number of rotatable bonds is 8. The number of nitrogens with one attached hydrogen (secondary N) is 1. The van der Waals surface area contributed by atoms with Gasteiger partial charge >= 0.3 is 0 Å². The molecule has 0 radical (unpaired) electrons. The summed E-state index contributed by atoms with van der Waals surface area (Å²) in [4.78, 5) is 17.2. The first-order chi connectivity index (χ1) is 14.7. The molecule has 2 atom stereocenters. The second kappa shape index (κ2) is 9.96. The van der Waals surface area contributed by atoms with Gasteiger partial charge in [-0.2, -0.15) is 0 Å². The fraction of sp³-hybridized carbons (Fsp3) is 0.333. The maximum atomic E-state index is 12.9. The summed E-state index contributed by atoms with van der Waals surface area (Å²) < 4.78 is 8.12. The number of hydrogen-bond acceptors (Lipinski definition) is 4. The SMILES string of the molecule is Cn1ccnc1SCc1cccc(C(=O)N[C@H]2CCC[C@@H]2OCc2ccccc2)c1. The highest BCUT2D eigenvalue weighted by molar-refractivity contribution is 7.98. The van der Waals surface area contributed by atoms with Gasteiger partial charge in [0, 0.05) is 30.8 Å². The molecule has 1 fully saturated rings. The smallest absolute Gasteiger partial charge is 0.251 e. The first-order valence-electron chi connectivity index (χ1n) is 10.3. The number of aromatic nitrogens is 2. The molecule has 2 aromatic carbocycles. The Kier molecular flexibility index (Phi) is 6.87. The molecule has 1 saturated carbocycles. The van der Waals surface area contributed by atoms with Crippen molar-refractivity contribution in [3.8, 4) is 0 Å². The predicted molar refractivity (Wildman–Crippen MR) is 119 cm³/mol. The van der Waals surface area contributed by atoms with Crippen LogP contribution in [-0.2, 0) is 24.1 Å². The lowest BCUT2D eigenvalue weighted by molar-refractivity contribution is 0.0272. The summed E-state index contributed by atoms with van der Waals surface area (Å²) in [5.74, 6) is 0.747. The molecule has 0 spiro atoms. The lowest BCUT2D eigenvalue weighted by Crippen LogP contribution is -2.41. The molecule has 0 aliphatic heterocycles. The topological polar surface area (TPSA) is 56.2 Å². The Morgan fingerprint density at radius 1 is 1.17 bits per heavy atom. The molecule has 1 amide bonds. The summed E-state index contributed by atoms with van der Waals surface area (Å²) in [6.45, 7) is 0.581. The monoisotopic (exact) mass is 421 g/mol. The van der Waals surface area contributed by atoms with E-state index in [1.54, 1.807) is 18.0 Å². The van der Waals surface area contributed by atoms with E-state index < -0.39 is 0 Å². The average molecular weight is 422 g/mol. The number of hydrogen-bond donors (Lipinski definition) is 1. The van der Waals surface area contributed by atoms with Crippen LogP contribution in [0.3, 0.4) is 0 Å². The molecular weight excluding hydrogens is 394 g/mol. The second-order valence-corrected chi connectivity index (χ2v) is 8.60. The van der Waals surface area contributed by atoms with Gasteiger partial charge in [0.15, 0.2) is 5.16 Å². The average Bonchev–Trinajstić information content (AvgIpc) is 3.40. The number of thioether (sulfide) groups is 1. The van der Waals surface area contributed by atoms with E-state index in [4.69, 9.17) is 4.74 Å². The molecule has 30 heavy (non-hydrogen) atoms. The second-order valence-electron chi connectivity index (χ2n) is 7.66. The van der Waals surface area contributed by atoms with Gasteiger partial charge in [0.1, 0.15) is 0 Å². The van der Waals surface area contributed by atoms with Gasteiger partial charge in [-0.1, -0.05) is 54.2 Å². The van der Waals surface area contributed by atoms with E-state index in [1.807, 2.05) is 60.3 Å². The van der Waals surface area contributed by atoms with Crippen molar-refractivity contribution in [2.75, 3.05) is 0 Å². The van der Waals surface area contributed by atoms with Crippen LogP contribution in [0.15, 0.2) is 72.1 Å². The quantitative estimate of drug-likeness (QED) is 0.541. The third kappa shape index (κ3) is 5.32. The van der Waals surface area contributed by atoms with Crippen molar-refractivity contribution in [1.29, 1.82) is 0 Å². The summed E-state index contributed by atoms with van der Waals surface area (Å²) >= 11 is 1.67. The Hall–Kier alpha value is -2.57. The van der Waals surface area contributed by atoms with Crippen LogP contribution in [0.2, 0.25) is 0 Å². The molecule has 1 aliphatic carbocycles. The van der Waals surface area contributed by atoms with Crippen LogP contribution in [0, 0.1) is 0 Å². The third-order valence-electron chi connectivity index (χ3n) is 5.41. The summed E-state index contributed by atoms with van der Waals surface area (Å²) in [6.07, 6.45) is 6.81. The molecular formula is C24H27N3O2S. The van der Waals surface area contributed by atoms with E-state index >= 15 is 0 Å². The number of nitrogens with zero attached hydrogens (tertiary/aromatic N) is 2. The number of aryl methyl sites for hydroxylation is 1. The van der Waals surface area contributed by atoms with E-state index in [9.17, 15) is 4.79 Å². The lowest BCUT2D eigenvalue weighted by atomic mass is 10.1.